The topological polar surface area (TPSA) is 97.4 Å². The molecule has 33 heavy (non-hydrogen) atoms. The Labute approximate surface area is 194 Å². The summed E-state index contributed by atoms with van der Waals surface area (Å²) in [5.74, 6) is 1.66. The van der Waals surface area contributed by atoms with Crippen molar-refractivity contribution in [3.05, 3.63) is 35.7 Å². The third-order valence-electron chi connectivity index (χ3n) is 7.04. The maximum absolute atomic E-state index is 13.1. The third-order valence-corrected chi connectivity index (χ3v) is 9.06. The lowest BCUT2D eigenvalue weighted by atomic mass is 9.80. The highest BCUT2D eigenvalue weighted by molar-refractivity contribution is 7.91. The number of ether oxygens (including phenoxy) is 2. The maximum Gasteiger partial charge on any atom is 0.185 e. The van der Waals surface area contributed by atoms with Gasteiger partial charge in [0, 0.05) is 42.6 Å². The molecule has 3 heterocycles. The van der Waals surface area contributed by atoms with Crippen LogP contribution in [-0.4, -0.2) is 62.5 Å². The van der Waals surface area contributed by atoms with Crippen molar-refractivity contribution in [3.63, 3.8) is 0 Å². The number of aromatic nitrogens is 3. The van der Waals surface area contributed by atoms with E-state index >= 15 is 0 Å². The number of rotatable bonds is 6. The van der Waals surface area contributed by atoms with E-state index in [2.05, 4.69) is 28.9 Å². The minimum absolute atomic E-state index is 0.0107. The number of H-pyrrole nitrogens is 1. The number of aryl methyl sites for hydroxylation is 1. The Morgan fingerprint density at radius 1 is 1.30 bits per heavy atom. The molecule has 176 valence electrons. The van der Waals surface area contributed by atoms with Gasteiger partial charge < -0.3 is 19.4 Å². The van der Waals surface area contributed by atoms with E-state index in [1.165, 1.54) is 6.26 Å². The summed E-state index contributed by atoms with van der Waals surface area (Å²) in [4.78, 5) is 15.3. The van der Waals surface area contributed by atoms with E-state index in [0.717, 1.165) is 28.5 Å². The summed E-state index contributed by atoms with van der Waals surface area (Å²) in [5.41, 5.74) is 3.44. The van der Waals surface area contributed by atoms with Crippen LogP contribution in [0.2, 0.25) is 0 Å². The van der Waals surface area contributed by atoms with Crippen LogP contribution in [0, 0.1) is 6.92 Å². The van der Waals surface area contributed by atoms with Gasteiger partial charge in [0.2, 0.25) is 0 Å². The van der Waals surface area contributed by atoms with Crippen LogP contribution < -0.4 is 9.64 Å². The third kappa shape index (κ3) is 3.40. The number of nitrogens with zero attached hydrogens (tertiary/aromatic N) is 3. The van der Waals surface area contributed by atoms with Gasteiger partial charge in [0.15, 0.2) is 27.2 Å². The van der Waals surface area contributed by atoms with E-state index in [-0.39, 0.29) is 6.04 Å². The first-order chi connectivity index (χ1) is 15.8. The zero-order chi connectivity index (χ0) is 23.4. The number of benzene rings is 1. The summed E-state index contributed by atoms with van der Waals surface area (Å²) in [6.07, 6.45) is 5.13. The highest BCUT2D eigenvalue weighted by Gasteiger charge is 2.52. The van der Waals surface area contributed by atoms with Gasteiger partial charge in [-0.15, -0.1) is 0 Å². The molecule has 1 aliphatic heterocycles. The summed E-state index contributed by atoms with van der Waals surface area (Å²) in [6.45, 7) is 5.68. The molecule has 0 unspecified atom stereocenters. The molecule has 5 rings (SSSR count). The molecule has 8 nitrogen and oxygen atoms in total. The lowest BCUT2D eigenvalue weighted by molar-refractivity contribution is 0.138. The molecule has 1 fully saturated rings. The fourth-order valence-corrected chi connectivity index (χ4v) is 6.67. The Kier molecular flexibility index (Phi) is 5.36. The van der Waals surface area contributed by atoms with Crippen molar-refractivity contribution in [3.8, 4) is 17.1 Å². The molecule has 0 bridgehead atoms. The van der Waals surface area contributed by atoms with Gasteiger partial charge in [-0.25, -0.2) is 18.4 Å². The quantitative estimate of drug-likeness (QED) is 0.588. The van der Waals surface area contributed by atoms with Gasteiger partial charge in [-0.3, -0.25) is 0 Å². The van der Waals surface area contributed by atoms with Crippen molar-refractivity contribution in [1.82, 2.24) is 15.0 Å². The zero-order valence-corrected chi connectivity index (χ0v) is 20.3. The van der Waals surface area contributed by atoms with Crippen LogP contribution in [-0.2, 0) is 19.3 Å². The predicted octanol–water partition coefficient (Wildman–Crippen LogP) is 3.59. The van der Waals surface area contributed by atoms with Crippen molar-refractivity contribution in [2.24, 2.45) is 0 Å². The zero-order valence-electron chi connectivity index (χ0n) is 19.5. The molecule has 3 aromatic rings. The van der Waals surface area contributed by atoms with Crippen LogP contribution in [0.1, 0.15) is 37.4 Å². The van der Waals surface area contributed by atoms with E-state index in [9.17, 15) is 8.42 Å². The number of hydrogen-bond acceptors (Lipinski definition) is 7. The van der Waals surface area contributed by atoms with E-state index in [4.69, 9.17) is 19.4 Å². The first-order valence-corrected chi connectivity index (χ1v) is 13.3. The van der Waals surface area contributed by atoms with Crippen LogP contribution in [0.15, 0.2) is 24.4 Å². The van der Waals surface area contributed by atoms with Crippen LogP contribution in [0.3, 0.4) is 0 Å². The molecule has 2 aliphatic rings. The highest BCUT2D eigenvalue weighted by Crippen LogP contribution is 2.53. The molecule has 0 spiro atoms. The largest absolute Gasteiger partial charge is 0.486 e. The van der Waals surface area contributed by atoms with E-state index in [0.29, 0.717) is 55.7 Å². The van der Waals surface area contributed by atoms with Crippen molar-refractivity contribution in [1.29, 1.82) is 0 Å². The van der Waals surface area contributed by atoms with Crippen LogP contribution in [0.4, 0.5) is 5.82 Å². The molecular formula is C24H30N4O4S. The van der Waals surface area contributed by atoms with Gasteiger partial charge in [0.1, 0.15) is 17.0 Å². The van der Waals surface area contributed by atoms with Crippen LogP contribution >= 0.6 is 0 Å². The number of methoxy groups -OCH3 is 1. The minimum Gasteiger partial charge on any atom is -0.486 e. The van der Waals surface area contributed by atoms with Gasteiger partial charge in [-0.2, -0.15) is 0 Å². The number of anilines is 1. The standard InChI is InChI=1S/C24H30N4O4S/c1-5-28-16(13-31-3)14-32-20-21(24(8-6-9-24)33(4,29)30)26-22(27-23(20)28)18-11-15(2)12-19-17(18)7-10-25-19/h7,10-12,16,25H,5-6,8-9,13-14H2,1-4H3/t16-/m0/s1. The molecule has 0 radical (unpaired) electrons. The first-order valence-electron chi connectivity index (χ1n) is 11.4. The Morgan fingerprint density at radius 3 is 2.73 bits per heavy atom. The summed E-state index contributed by atoms with van der Waals surface area (Å²) in [6, 6.07) is 6.13. The SMILES string of the molecule is CCN1c2nc(-c3cc(C)cc4[nH]ccc34)nc(C3(S(C)(=O)=O)CCC3)c2OC[C@@H]1COC. The smallest absolute Gasteiger partial charge is 0.185 e. The number of nitrogens with one attached hydrogen (secondary N) is 1. The lowest BCUT2D eigenvalue weighted by Gasteiger charge is -2.43. The highest BCUT2D eigenvalue weighted by atomic mass is 32.2. The van der Waals surface area contributed by atoms with Crippen molar-refractivity contribution in [2.75, 3.05) is 38.0 Å². The van der Waals surface area contributed by atoms with Crippen molar-refractivity contribution >= 4 is 26.6 Å². The Balaban J connectivity index is 1.80. The molecule has 0 amide bonds. The monoisotopic (exact) mass is 470 g/mol. The fourth-order valence-electron chi connectivity index (χ4n) is 5.15. The molecule has 1 N–H and O–H groups in total. The van der Waals surface area contributed by atoms with Gasteiger partial charge in [0.05, 0.1) is 12.6 Å². The van der Waals surface area contributed by atoms with E-state index in [1.54, 1.807) is 7.11 Å². The Bertz CT molecular complexity index is 1310. The summed E-state index contributed by atoms with van der Waals surface area (Å²) in [5, 5.41) is 1.00. The number of fused-ring (bicyclic) bond motifs is 2. The molecular weight excluding hydrogens is 440 g/mol. The summed E-state index contributed by atoms with van der Waals surface area (Å²) in [7, 11) is -1.75. The minimum atomic E-state index is -3.42. The fraction of sp³-hybridized carbons (Fsp3) is 0.500. The van der Waals surface area contributed by atoms with Crippen molar-refractivity contribution < 1.29 is 17.9 Å². The number of hydrogen-bond donors (Lipinski definition) is 1. The number of aromatic amines is 1. The predicted molar refractivity (Wildman–Crippen MR) is 129 cm³/mol. The molecule has 1 aromatic carbocycles. The van der Waals surface area contributed by atoms with Gasteiger partial charge in [0.25, 0.3) is 0 Å². The normalized spacial score (nSPS) is 19.8. The molecule has 2 aromatic heterocycles. The summed E-state index contributed by atoms with van der Waals surface area (Å²) < 4.78 is 36.7. The van der Waals surface area contributed by atoms with Crippen molar-refractivity contribution in [2.45, 2.75) is 43.9 Å². The van der Waals surface area contributed by atoms with Gasteiger partial charge in [-0.05, 0) is 56.9 Å². The molecule has 9 heteroatoms. The molecule has 0 saturated heterocycles. The number of likely N-dealkylation sites (N-methyl/N-ethyl adjacent to an activating group) is 1. The van der Waals surface area contributed by atoms with Crippen LogP contribution in [0.5, 0.6) is 5.75 Å². The first kappa shape index (κ1) is 22.2. The second kappa shape index (κ2) is 7.99. The maximum atomic E-state index is 13.1. The van der Waals surface area contributed by atoms with Crippen LogP contribution in [0.25, 0.3) is 22.3 Å². The second-order valence-electron chi connectivity index (χ2n) is 9.13. The lowest BCUT2D eigenvalue weighted by Crippen LogP contribution is -2.48. The van der Waals surface area contributed by atoms with E-state index < -0.39 is 14.6 Å². The van der Waals surface area contributed by atoms with E-state index in [1.807, 2.05) is 19.2 Å². The van der Waals surface area contributed by atoms with Gasteiger partial charge >= 0.3 is 0 Å². The molecule has 1 atom stereocenters. The van der Waals surface area contributed by atoms with Gasteiger partial charge in [-0.1, -0.05) is 0 Å². The Hall–Kier alpha value is -2.65. The second-order valence-corrected chi connectivity index (χ2v) is 11.5. The molecule has 1 saturated carbocycles. The number of sulfone groups is 1. The molecule has 1 aliphatic carbocycles. The summed E-state index contributed by atoms with van der Waals surface area (Å²) >= 11 is 0. The average Bonchev–Trinajstić information content (AvgIpc) is 3.19. The average molecular weight is 471 g/mol. The Morgan fingerprint density at radius 2 is 2.09 bits per heavy atom.